The molecule has 0 saturated carbocycles. The first-order chi connectivity index (χ1) is 4.86. The van der Waals surface area contributed by atoms with Crippen LogP contribution in [0.4, 0.5) is 0 Å². The van der Waals surface area contributed by atoms with Gasteiger partial charge in [0.2, 0.25) is 5.91 Å². The monoisotopic (exact) mass is 143 g/mol. The number of nitrogens with zero attached hydrogens (tertiary/aromatic N) is 1. The number of rotatable bonds is 2. The molecule has 2 aliphatic heterocycles. The topological polar surface area (TPSA) is 42.1 Å². The quantitative estimate of drug-likeness (QED) is 0.491. The molecule has 2 saturated heterocycles. The molecule has 4 heteroatoms. The Balaban J connectivity index is 1.84. The lowest BCUT2D eigenvalue weighted by Crippen LogP contribution is -2.27. The molecule has 2 rings (SSSR count). The van der Waals surface area contributed by atoms with Crippen LogP contribution in [0.15, 0.2) is 0 Å². The summed E-state index contributed by atoms with van der Waals surface area (Å²) in [6, 6.07) is 0. The van der Waals surface area contributed by atoms with Crippen molar-refractivity contribution in [3.63, 3.8) is 0 Å². The number of hydroxylamine groups is 2. The van der Waals surface area contributed by atoms with Gasteiger partial charge in [-0.2, -0.15) is 0 Å². The maximum absolute atomic E-state index is 10.9. The molecule has 0 aromatic carbocycles. The van der Waals surface area contributed by atoms with Gasteiger partial charge in [0.15, 0.2) is 0 Å². The fourth-order valence-corrected chi connectivity index (χ4v) is 0.953. The summed E-state index contributed by atoms with van der Waals surface area (Å²) in [4.78, 5) is 15.9. The van der Waals surface area contributed by atoms with E-state index >= 15 is 0 Å². The van der Waals surface area contributed by atoms with Gasteiger partial charge in [-0.15, -0.1) is 0 Å². The molecule has 2 fully saturated rings. The number of amides is 1. The van der Waals surface area contributed by atoms with E-state index in [-0.39, 0.29) is 12.0 Å². The number of hydrogen-bond donors (Lipinski definition) is 0. The van der Waals surface area contributed by atoms with E-state index in [2.05, 4.69) is 0 Å². The Bertz CT molecular complexity index is 155. The van der Waals surface area contributed by atoms with Gasteiger partial charge >= 0.3 is 0 Å². The third-order valence-corrected chi connectivity index (χ3v) is 1.61. The summed E-state index contributed by atoms with van der Waals surface area (Å²) in [6.45, 7) is 1.91. The fourth-order valence-electron chi connectivity index (χ4n) is 0.953. The van der Waals surface area contributed by atoms with Gasteiger partial charge in [-0.1, -0.05) is 0 Å². The molecule has 0 spiro atoms. The zero-order valence-corrected chi connectivity index (χ0v) is 5.58. The first-order valence-corrected chi connectivity index (χ1v) is 3.41. The van der Waals surface area contributed by atoms with Gasteiger partial charge in [0.05, 0.1) is 26.2 Å². The average molecular weight is 143 g/mol. The maximum Gasteiger partial charge on any atom is 0.248 e. The summed E-state index contributed by atoms with van der Waals surface area (Å²) in [5, 5.41) is 1.40. The Hall–Kier alpha value is -0.610. The highest BCUT2D eigenvalue weighted by Crippen LogP contribution is 2.14. The zero-order chi connectivity index (χ0) is 6.97. The van der Waals surface area contributed by atoms with Crippen LogP contribution in [-0.4, -0.2) is 36.8 Å². The molecule has 1 amide bonds. The lowest BCUT2D eigenvalue weighted by molar-refractivity contribution is -0.162. The van der Waals surface area contributed by atoms with Crippen LogP contribution in [0.2, 0.25) is 0 Å². The Morgan fingerprint density at radius 1 is 1.70 bits per heavy atom. The van der Waals surface area contributed by atoms with Crippen molar-refractivity contribution < 1.29 is 14.4 Å². The van der Waals surface area contributed by atoms with Gasteiger partial charge < -0.3 is 4.74 Å². The number of hydrogen-bond acceptors (Lipinski definition) is 3. The van der Waals surface area contributed by atoms with E-state index in [1.807, 2.05) is 0 Å². The Labute approximate surface area is 58.7 Å². The molecule has 10 heavy (non-hydrogen) atoms. The van der Waals surface area contributed by atoms with Gasteiger partial charge in [-0.05, 0) is 0 Å². The van der Waals surface area contributed by atoms with E-state index in [9.17, 15) is 4.79 Å². The summed E-state index contributed by atoms with van der Waals surface area (Å²) in [7, 11) is 0. The van der Waals surface area contributed by atoms with Crippen molar-refractivity contribution in [3.05, 3.63) is 0 Å². The number of carbonyl (C=O) groups excluding carboxylic acids is 1. The SMILES string of the molecule is O=C1CCON1CC1CO1. The van der Waals surface area contributed by atoms with E-state index in [0.717, 1.165) is 6.61 Å². The normalized spacial score (nSPS) is 31.4. The first-order valence-electron chi connectivity index (χ1n) is 3.41. The third kappa shape index (κ3) is 1.12. The lowest BCUT2D eigenvalue weighted by atomic mass is 10.4. The van der Waals surface area contributed by atoms with Crippen molar-refractivity contribution in [2.24, 2.45) is 0 Å². The Morgan fingerprint density at radius 3 is 3.00 bits per heavy atom. The molecule has 1 atom stereocenters. The highest BCUT2D eigenvalue weighted by Gasteiger charge is 2.31. The molecule has 4 nitrogen and oxygen atoms in total. The van der Waals surface area contributed by atoms with Gasteiger partial charge in [0.25, 0.3) is 0 Å². The molecule has 0 aromatic rings. The minimum atomic E-state index is 0.0792. The van der Waals surface area contributed by atoms with Crippen LogP contribution < -0.4 is 0 Å². The highest BCUT2D eigenvalue weighted by molar-refractivity contribution is 5.76. The average Bonchev–Trinajstić information content (AvgIpc) is 2.62. The van der Waals surface area contributed by atoms with Crippen molar-refractivity contribution in [2.45, 2.75) is 12.5 Å². The summed E-state index contributed by atoms with van der Waals surface area (Å²) < 4.78 is 4.94. The molecule has 1 unspecified atom stereocenters. The lowest BCUT2D eigenvalue weighted by Gasteiger charge is -2.10. The minimum Gasteiger partial charge on any atom is -0.371 e. The largest absolute Gasteiger partial charge is 0.371 e. The van der Waals surface area contributed by atoms with Crippen molar-refractivity contribution in [1.29, 1.82) is 0 Å². The first kappa shape index (κ1) is 6.12. The molecule has 0 aromatic heterocycles. The molecule has 0 aliphatic carbocycles. The van der Waals surface area contributed by atoms with E-state index in [0.29, 0.717) is 19.6 Å². The molecule has 2 aliphatic rings. The predicted molar refractivity (Wildman–Crippen MR) is 32.0 cm³/mol. The van der Waals surface area contributed by atoms with Crippen LogP contribution in [0.3, 0.4) is 0 Å². The van der Waals surface area contributed by atoms with E-state index < -0.39 is 0 Å². The highest BCUT2D eigenvalue weighted by atomic mass is 16.7. The zero-order valence-electron chi connectivity index (χ0n) is 5.58. The van der Waals surface area contributed by atoms with Crippen molar-refractivity contribution in [1.82, 2.24) is 5.06 Å². The van der Waals surface area contributed by atoms with Gasteiger partial charge in [-0.25, -0.2) is 5.06 Å². The summed E-state index contributed by atoms with van der Waals surface area (Å²) in [6.07, 6.45) is 0.759. The van der Waals surface area contributed by atoms with E-state index in [4.69, 9.17) is 9.57 Å². The van der Waals surface area contributed by atoms with Gasteiger partial charge in [0, 0.05) is 0 Å². The Morgan fingerprint density at radius 2 is 2.50 bits per heavy atom. The third-order valence-electron chi connectivity index (χ3n) is 1.61. The maximum atomic E-state index is 10.9. The van der Waals surface area contributed by atoms with Crippen LogP contribution in [0, 0.1) is 0 Å². The fraction of sp³-hybridized carbons (Fsp3) is 0.833. The number of carbonyl (C=O) groups is 1. The van der Waals surface area contributed by atoms with Crippen molar-refractivity contribution in [3.8, 4) is 0 Å². The second-order valence-electron chi connectivity index (χ2n) is 2.49. The van der Waals surface area contributed by atoms with E-state index in [1.54, 1.807) is 0 Å². The summed E-state index contributed by atoms with van der Waals surface area (Å²) >= 11 is 0. The van der Waals surface area contributed by atoms with Gasteiger partial charge in [0.1, 0.15) is 6.10 Å². The Kier molecular flexibility index (Phi) is 1.35. The van der Waals surface area contributed by atoms with Crippen molar-refractivity contribution >= 4 is 5.91 Å². The van der Waals surface area contributed by atoms with Crippen LogP contribution in [0.1, 0.15) is 6.42 Å². The minimum absolute atomic E-state index is 0.0792. The van der Waals surface area contributed by atoms with Crippen LogP contribution in [0.5, 0.6) is 0 Å². The summed E-state index contributed by atoms with van der Waals surface area (Å²) in [5.41, 5.74) is 0. The van der Waals surface area contributed by atoms with Crippen LogP contribution >= 0.6 is 0 Å². The molecule has 2 heterocycles. The number of ether oxygens (including phenoxy) is 1. The van der Waals surface area contributed by atoms with E-state index in [1.165, 1.54) is 5.06 Å². The molecule has 56 valence electrons. The standard InChI is InChI=1S/C6H9NO3/c8-6-1-2-10-7(6)3-5-4-9-5/h5H,1-4H2. The van der Waals surface area contributed by atoms with Crippen LogP contribution in [-0.2, 0) is 14.4 Å². The van der Waals surface area contributed by atoms with Crippen molar-refractivity contribution in [2.75, 3.05) is 19.8 Å². The smallest absolute Gasteiger partial charge is 0.248 e. The summed E-state index contributed by atoms with van der Waals surface area (Å²) in [5.74, 6) is 0.0792. The molecular weight excluding hydrogens is 134 g/mol. The second-order valence-corrected chi connectivity index (χ2v) is 2.49. The molecular formula is C6H9NO3. The molecule has 0 bridgehead atoms. The predicted octanol–water partition coefficient (Wildman–Crippen LogP) is -0.451. The molecule has 0 N–H and O–H groups in total. The number of epoxide rings is 1. The molecule has 0 radical (unpaired) electrons. The second kappa shape index (κ2) is 2.21. The van der Waals surface area contributed by atoms with Crippen LogP contribution in [0.25, 0.3) is 0 Å². The van der Waals surface area contributed by atoms with Gasteiger partial charge in [-0.3, -0.25) is 9.63 Å².